The van der Waals surface area contributed by atoms with E-state index < -0.39 is 0 Å². The molecule has 2 atom stereocenters. The third-order valence-electron chi connectivity index (χ3n) is 3.21. The molecule has 1 aliphatic rings. The van der Waals surface area contributed by atoms with Crippen LogP contribution in [0.1, 0.15) is 31.2 Å². The molecular weight excluding hydrogens is 252 g/mol. The van der Waals surface area contributed by atoms with E-state index in [0.29, 0.717) is 5.92 Å². The summed E-state index contributed by atoms with van der Waals surface area (Å²) < 4.78 is 5.69. The van der Waals surface area contributed by atoms with E-state index in [1.54, 1.807) is 0 Å². The summed E-state index contributed by atoms with van der Waals surface area (Å²) in [6, 6.07) is 8.43. The van der Waals surface area contributed by atoms with Gasteiger partial charge in [0.2, 0.25) is 0 Å². The molecule has 1 heterocycles. The lowest BCUT2D eigenvalue weighted by Gasteiger charge is -2.15. The Balaban J connectivity index is 2.07. The minimum Gasteiger partial charge on any atom is -0.493 e. The van der Waals surface area contributed by atoms with Gasteiger partial charge in [-0.15, -0.1) is 0 Å². The van der Waals surface area contributed by atoms with Crippen LogP contribution in [0.4, 0.5) is 0 Å². The van der Waals surface area contributed by atoms with Crippen molar-refractivity contribution in [2.24, 2.45) is 5.92 Å². The lowest BCUT2D eigenvalue weighted by Crippen LogP contribution is -2.09. The molecule has 2 rings (SSSR count). The van der Waals surface area contributed by atoms with E-state index in [0.717, 1.165) is 23.6 Å². The third-order valence-corrected chi connectivity index (χ3v) is 4.13. The van der Waals surface area contributed by atoms with Gasteiger partial charge in [0, 0.05) is 16.8 Å². The van der Waals surface area contributed by atoms with Crippen LogP contribution in [0.2, 0.25) is 0 Å². The first-order valence-electron chi connectivity index (χ1n) is 5.62. The molecule has 1 aromatic rings. The zero-order valence-electron chi connectivity index (χ0n) is 9.08. The van der Waals surface area contributed by atoms with E-state index in [9.17, 15) is 0 Å². The van der Waals surface area contributed by atoms with E-state index in [1.165, 1.54) is 18.4 Å². The summed E-state index contributed by atoms with van der Waals surface area (Å²) in [7, 11) is 0. The zero-order valence-corrected chi connectivity index (χ0v) is 10.7. The van der Waals surface area contributed by atoms with E-state index >= 15 is 0 Å². The minimum absolute atomic E-state index is 0.601. The first-order valence-corrected chi connectivity index (χ1v) is 6.75. The molecule has 1 aliphatic heterocycles. The molecule has 0 N–H and O–H groups in total. The zero-order chi connectivity index (χ0) is 10.7. The van der Waals surface area contributed by atoms with Crippen molar-refractivity contribution in [1.82, 2.24) is 0 Å². The molecule has 0 saturated heterocycles. The monoisotopic (exact) mass is 268 g/mol. The summed E-state index contributed by atoms with van der Waals surface area (Å²) in [4.78, 5) is 0. The fraction of sp³-hybridized carbons (Fsp3) is 0.538. The van der Waals surface area contributed by atoms with Gasteiger partial charge < -0.3 is 4.74 Å². The largest absolute Gasteiger partial charge is 0.493 e. The fourth-order valence-electron chi connectivity index (χ4n) is 2.17. The van der Waals surface area contributed by atoms with E-state index in [4.69, 9.17) is 4.74 Å². The van der Waals surface area contributed by atoms with Gasteiger partial charge >= 0.3 is 0 Å². The van der Waals surface area contributed by atoms with E-state index in [-0.39, 0.29) is 0 Å². The van der Waals surface area contributed by atoms with Crippen LogP contribution in [0.25, 0.3) is 0 Å². The highest BCUT2D eigenvalue weighted by atomic mass is 79.9. The third kappa shape index (κ3) is 2.36. The number of rotatable bonds is 4. The second-order valence-corrected chi connectivity index (χ2v) is 4.86. The van der Waals surface area contributed by atoms with Crippen LogP contribution in [-0.4, -0.2) is 11.9 Å². The molecule has 0 radical (unpaired) electrons. The molecule has 0 bridgehead atoms. The Morgan fingerprint density at radius 2 is 2.27 bits per heavy atom. The van der Waals surface area contributed by atoms with Gasteiger partial charge in [-0.05, 0) is 18.4 Å². The van der Waals surface area contributed by atoms with E-state index in [2.05, 4.69) is 41.1 Å². The quantitative estimate of drug-likeness (QED) is 0.751. The van der Waals surface area contributed by atoms with Crippen molar-refractivity contribution in [3.63, 3.8) is 0 Å². The summed E-state index contributed by atoms with van der Waals surface area (Å²) in [5.41, 5.74) is 1.40. The maximum atomic E-state index is 5.69. The molecule has 15 heavy (non-hydrogen) atoms. The van der Waals surface area contributed by atoms with Crippen molar-refractivity contribution in [3.05, 3.63) is 29.8 Å². The Bertz CT molecular complexity index is 320. The van der Waals surface area contributed by atoms with Gasteiger partial charge in [-0.3, -0.25) is 0 Å². The smallest absolute Gasteiger partial charge is 0.122 e. The van der Waals surface area contributed by atoms with Crippen molar-refractivity contribution in [2.75, 3.05) is 11.9 Å². The van der Waals surface area contributed by atoms with Gasteiger partial charge in [-0.2, -0.15) is 0 Å². The number of alkyl halides is 1. The maximum Gasteiger partial charge on any atom is 0.122 e. The summed E-state index contributed by atoms with van der Waals surface area (Å²) in [6.45, 7) is 3.12. The Morgan fingerprint density at radius 3 is 3.00 bits per heavy atom. The first kappa shape index (κ1) is 11.0. The predicted molar refractivity (Wildman–Crippen MR) is 66.9 cm³/mol. The van der Waals surface area contributed by atoms with E-state index in [1.807, 2.05) is 6.07 Å². The van der Waals surface area contributed by atoms with Gasteiger partial charge in [-0.1, -0.05) is 47.5 Å². The number of benzene rings is 1. The molecule has 0 fully saturated rings. The highest BCUT2D eigenvalue weighted by molar-refractivity contribution is 9.09. The number of halogens is 1. The average molecular weight is 269 g/mol. The molecule has 0 spiro atoms. The maximum absolute atomic E-state index is 5.69. The molecule has 2 heteroatoms. The minimum atomic E-state index is 0.601. The van der Waals surface area contributed by atoms with Crippen molar-refractivity contribution >= 4 is 15.9 Å². The van der Waals surface area contributed by atoms with Crippen LogP contribution in [-0.2, 0) is 0 Å². The highest BCUT2D eigenvalue weighted by Gasteiger charge is 2.25. The van der Waals surface area contributed by atoms with Gasteiger partial charge in [0.1, 0.15) is 5.75 Å². The Morgan fingerprint density at radius 1 is 1.47 bits per heavy atom. The summed E-state index contributed by atoms with van der Waals surface area (Å²) >= 11 is 3.58. The molecule has 82 valence electrons. The van der Waals surface area contributed by atoms with Crippen LogP contribution in [0.5, 0.6) is 5.75 Å². The van der Waals surface area contributed by atoms with Gasteiger partial charge in [0.05, 0.1) is 6.61 Å². The van der Waals surface area contributed by atoms with Crippen molar-refractivity contribution < 1.29 is 4.74 Å². The number of hydrogen-bond acceptors (Lipinski definition) is 1. The van der Waals surface area contributed by atoms with Crippen LogP contribution in [0.3, 0.4) is 0 Å². The molecule has 0 aromatic heterocycles. The van der Waals surface area contributed by atoms with Gasteiger partial charge in [0.15, 0.2) is 0 Å². The van der Waals surface area contributed by atoms with Crippen LogP contribution < -0.4 is 4.74 Å². The van der Waals surface area contributed by atoms with Crippen LogP contribution in [0, 0.1) is 5.92 Å². The lowest BCUT2D eigenvalue weighted by atomic mass is 9.90. The molecule has 0 aliphatic carbocycles. The number of ether oxygens (including phenoxy) is 1. The number of hydrogen-bond donors (Lipinski definition) is 0. The second-order valence-electron chi connectivity index (χ2n) is 4.21. The number of fused-ring (bicyclic) bond motifs is 1. The summed E-state index contributed by atoms with van der Waals surface area (Å²) in [5, 5.41) is 1.10. The molecule has 1 aromatic carbocycles. The molecular formula is C13H17BrO. The Hall–Kier alpha value is -0.500. The lowest BCUT2D eigenvalue weighted by molar-refractivity contribution is 0.310. The normalized spacial score (nSPS) is 20.8. The average Bonchev–Trinajstić information content (AvgIpc) is 2.69. The van der Waals surface area contributed by atoms with Crippen LogP contribution in [0.15, 0.2) is 24.3 Å². The summed E-state index contributed by atoms with van der Waals surface area (Å²) in [6.07, 6.45) is 2.47. The topological polar surface area (TPSA) is 9.23 Å². The highest BCUT2D eigenvalue weighted by Crippen LogP contribution is 2.37. The molecule has 0 amide bonds. The van der Waals surface area contributed by atoms with Gasteiger partial charge in [-0.25, -0.2) is 0 Å². The standard InChI is InChI=1S/C13H17BrO/c1-2-10(8-14)7-11-9-15-13-6-4-3-5-12(11)13/h3-6,10-11H,2,7-9H2,1H3. The van der Waals surface area contributed by atoms with Gasteiger partial charge in [0.25, 0.3) is 0 Å². The predicted octanol–water partition coefficient (Wildman–Crippen LogP) is 3.97. The van der Waals surface area contributed by atoms with Crippen molar-refractivity contribution in [3.8, 4) is 5.75 Å². The second kappa shape index (κ2) is 5.02. The molecule has 1 nitrogen and oxygen atoms in total. The Kier molecular flexibility index (Phi) is 3.68. The van der Waals surface area contributed by atoms with Crippen molar-refractivity contribution in [1.29, 1.82) is 0 Å². The fourth-order valence-corrected chi connectivity index (χ4v) is 2.89. The molecule has 2 unspecified atom stereocenters. The molecule has 0 saturated carbocycles. The SMILES string of the molecule is CCC(CBr)CC1COc2ccccc21. The summed E-state index contributed by atoms with van der Waals surface area (Å²) in [5.74, 6) is 2.46. The Labute approximate surface area is 100.0 Å². The number of para-hydroxylation sites is 1. The van der Waals surface area contributed by atoms with Crippen LogP contribution >= 0.6 is 15.9 Å². The van der Waals surface area contributed by atoms with Crippen molar-refractivity contribution in [2.45, 2.75) is 25.7 Å². The first-order chi connectivity index (χ1) is 7.35.